The Morgan fingerprint density at radius 3 is 2.39 bits per heavy atom. The molecule has 1 saturated carbocycles. The summed E-state index contributed by atoms with van der Waals surface area (Å²) in [6.45, 7) is 6.08. The first-order valence-corrected chi connectivity index (χ1v) is 9.62. The highest BCUT2D eigenvalue weighted by Crippen LogP contribution is 2.53. The lowest BCUT2D eigenvalue weighted by Gasteiger charge is -2.20. The molecule has 1 aromatic carbocycles. The average Bonchev–Trinajstić information content (AvgIpc) is 3.11. The van der Waals surface area contributed by atoms with Crippen LogP contribution in [0.2, 0.25) is 0 Å². The number of benzene rings is 1. The van der Waals surface area contributed by atoms with E-state index in [0.717, 1.165) is 0 Å². The van der Waals surface area contributed by atoms with E-state index in [2.05, 4.69) is 5.32 Å². The van der Waals surface area contributed by atoms with Crippen LogP contribution in [0.3, 0.4) is 0 Å². The molecule has 0 aromatic heterocycles. The monoisotopic (exact) mass is 378 g/mol. The quantitative estimate of drug-likeness (QED) is 0.773. The number of carbonyl (C=O) groups is 1. The molecule has 2 rings (SSSR count). The summed E-state index contributed by atoms with van der Waals surface area (Å²) >= 11 is 11.8. The van der Waals surface area contributed by atoms with E-state index in [0.29, 0.717) is 30.8 Å². The lowest BCUT2D eigenvalue weighted by molar-refractivity contribution is -0.117. The Morgan fingerprint density at radius 2 is 1.91 bits per heavy atom. The summed E-state index contributed by atoms with van der Waals surface area (Å²) in [5, 5.41) is 2.68. The Kier molecular flexibility index (Phi) is 5.31. The predicted octanol–water partition coefficient (Wildman–Crippen LogP) is 3.16. The highest BCUT2D eigenvalue weighted by molar-refractivity contribution is 7.89. The van der Waals surface area contributed by atoms with Crippen molar-refractivity contribution in [2.24, 2.45) is 5.92 Å². The fraction of sp³-hybridized carbons (Fsp3) is 0.533. The van der Waals surface area contributed by atoms with Gasteiger partial charge in [-0.15, -0.1) is 23.2 Å². The summed E-state index contributed by atoms with van der Waals surface area (Å²) in [6.07, 6.45) is 0.401. The maximum Gasteiger partial charge on any atom is 0.243 e. The molecule has 1 aromatic rings. The topological polar surface area (TPSA) is 66.5 Å². The molecule has 1 fully saturated rings. The second-order valence-electron chi connectivity index (χ2n) is 5.58. The minimum atomic E-state index is -3.59. The van der Waals surface area contributed by atoms with Gasteiger partial charge in [-0.2, -0.15) is 4.31 Å². The second-order valence-corrected chi connectivity index (χ2v) is 9.03. The minimum absolute atomic E-state index is 0.192. The first kappa shape index (κ1) is 18.5. The molecule has 0 heterocycles. The molecule has 1 N–H and O–H groups in total. The van der Waals surface area contributed by atoms with Gasteiger partial charge in [0, 0.05) is 18.8 Å². The smallest absolute Gasteiger partial charge is 0.243 e. The Hall–Kier alpha value is -0.820. The number of hydrogen-bond donors (Lipinski definition) is 1. The molecule has 1 amide bonds. The number of sulfonamides is 1. The zero-order valence-electron chi connectivity index (χ0n) is 13.3. The van der Waals surface area contributed by atoms with Gasteiger partial charge in [-0.1, -0.05) is 19.9 Å². The summed E-state index contributed by atoms with van der Waals surface area (Å²) in [6, 6.07) is 4.82. The van der Waals surface area contributed by atoms with Crippen molar-refractivity contribution in [1.82, 2.24) is 4.31 Å². The van der Waals surface area contributed by atoms with Crippen molar-refractivity contribution in [2.75, 3.05) is 18.4 Å². The number of nitrogens with zero attached hydrogens (tertiary/aromatic N) is 1. The SMILES string of the molecule is CCN(CC)S(=O)(=O)c1cc(NC(=O)[C@@H]2CC2(Cl)Cl)ccc1C. The van der Waals surface area contributed by atoms with Crippen LogP contribution in [0.15, 0.2) is 23.1 Å². The summed E-state index contributed by atoms with van der Waals surface area (Å²) < 4.78 is 25.7. The maximum atomic E-state index is 12.7. The number of halogens is 2. The Balaban J connectivity index is 2.28. The van der Waals surface area contributed by atoms with Gasteiger partial charge in [0.2, 0.25) is 15.9 Å². The van der Waals surface area contributed by atoms with Crippen LogP contribution in [0.5, 0.6) is 0 Å². The molecule has 0 spiro atoms. The molecule has 8 heteroatoms. The maximum absolute atomic E-state index is 12.7. The van der Waals surface area contributed by atoms with Gasteiger partial charge >= 0.3 is 0 Å². The molecule has 0 bridgehead atoms. The Morgan fingerprint density at radius 1 is 1.35 bits per heavy atom. The van der Waals surface area contributed by atoms with Crippen LogP contribution in [0, 0.1) is 12.8 Å². The van der Waals surface area contributed by atoms with Crippen molar-refractivity contribution in [2.45, 2.75) is 36.4 Å². The first-order valence-electron chi connectivity index (χ1n) is 7.43. The molecular weight excluding hydrogens is 359 g/mol. The van der Waals surface area contributed by atoms with Gasteiger partial charge in [0.25, 0.3) is 0 Å². The van der Waals surface area contributed by atoms with Gasteiger partial charge in [-0.3, -0.25) is 4.79 Å². The molecule has 23 heavy (non-hydrogen) atoms. The van der Waals surface area contributed by atoms with E-state index in [1.165, 1.54) is 10.4 Å². The largest absolute Gasteiger partial charge is 0.326 e. The minimum Gasteiger partial charge on any atom is -0.326 e. The first-order chi connectivity index (χ1) is 10.6. The molecule has 1 atom stereocenters. The van der Waals surface area contributed by atoms with E-state index in [1.54, 1.807) is 32.9 Å². The van der Waals surface area contributed by atoms with Crippen molar-refractivity contribution >= 4 is 44.8 Å². The van der Waals surface area contributed by atoms with Crippen LogP contribution in [0.25, 0.3) is 0 Å². The number of alkyl halides is 2. The highest BCUT2D eigenvalue weighted by atomic mass is 35.5. The third kappa shape index (κ3) is 3.82. The van der Waals surface area contributed by atoms with Crippen LogP contribution in [-0.4, -0.2) is 36.1 Å². The lowest BCUT2D eigenvalue weighted by Crippen LogP contribution is -2.31. The van der Waals surface area contributed by atoms with Crippen molar-refractivity contribution in [3.8, 4) is 0 Å². The normalized spacial score (nSPS) is 19.7. The second kappa shape index (κ2) is 6.59. The fourth-order valence-corrected chi connectivity index (χ4v) is 4.60. The van der Waals surface area contributed by atoms with E-state index in [9.17, 15) is 13.2 Å². The molecular formula is C15H20Cl2N2O3S. The average molecular weight is 379 g/mol. The number of amides is 1. The van der Waals surface area contributed by atoms with Crippen molar-refractivity contribution < 1.29 is 13.2 Å². The molecule has 1 aliphatic rings. The number of anilines is 1. The summed E-state index contributed by atoms with van der Waals surface area (Å²) in [4.78, 5) is 12.2. The number of carbonyl (C=O) groups excluding carboxylic acids is 1. The zero-order valence-corrected chi connectivity index (χ0v) is 15.6. The van der Waals surface area contributed by atoms with Crippen molar-refractivity contribution in [3.63, 3.8) is 0 Å². The Bertz CT molecular complexity index is 715. The van der Waals surface area contributed by atoms with Gasteiger partial charge in [0.15, 0.2) is 0 Å². The third-order valence-electron chi connectivity index (χ3n) is 3.92. The van der Waals surface area contributed by atoms with Crippen molar-refractivity contribution in [3.05, 3.63) is 23.8 Å². The molecule has 1 aliphatic carbocycles. The zero-order chi connectivity index (χ0) is 17.4. The van der Waals surface area contributed by atoms with Gasteiger partial charge in [-0.25, -0.2) is 8.42 Å². The molecule has 0 aliphatic heterocycles. The van der Waals surface area contributed by atoms with Crippen LogP contribution in [0.1, 0.15) is 25.8 Å². The predicted molar refractivity (Wildman–Crippen MR) is 92.5 cm³/mol. The van der Waals surface area contributed by atoms with Crippen LogP contribution in [-0.2, 0) is 14.8 Å². The summed E-state index contributed by atoms with van der Waals surface area (Å²) in [5.41, 5.74) is 1.05. The Labute approximate surface area is 147 Å². The number of hydrogen-bond acceptors (Lipinski definition) is 3. The van der Waals surface area contributed by atoms with Gasteiger partial charge in [0.1, 0.15) is 4.33 Å². The van der Waals surface area contributed by atoms with E-state index < -0.39 is 20.3 Å². The number of nitrogens with one attached hydrogen (secondary N) is 1. The summed E-state index contributed by atoms with van der Waals surface area (Å²) in [5.74, 6) is -0.764. The van der Waals surface area contributed by atoms with Crippen LogP contribution < -0.4 is 5.32 Å². The fourth-order valence-electron chi connectivity index (χ4n) is 2.39. The molecule has 0 radical (unpaired) electrons. The van der Waals surface area contributed by atoms with E-state index in [-0.39, 0.29) is 10.8 Å². The molecule has 0 unspecified atom stereocenters. The summed E-state index contributed by atoms with van der Waals surface area (Å²) in [7, 11) is -3.59. The van der Waals surface area contributed by atoms with Gasteiger partial charge in [0.05, 0.1) is 10.8 Å². The molecule has 5 nitrogen and oxygen atoms in total. The van der Waals surface area contributed by atoms with Crippen LogP contribution in [0.4, 0.5) is 5.69 Å². The van der Waals surface area contributed by atoms with Gasteiger partial charge < -0.3 is 5.32 Å². The molecule has 0 saturated heterocycles. The standard InChI is InChI=1S/C15H20Cl2N2O3S/c1-4-19(5-2)23(21,22)13-8-11(7-6-10(13)3)18-14(20)12-9-15(12,16)17/h6-8,12H,4-5,9H2,1-3H3,(H,18,20)/t12-/m0/s1. The van der Waals surface area contributed by atoms with E-state index in [4.69, 9.17) is 23.2 Å². The van der Waals surface area contributed by atoms with E-state index >= 15 is 0 Å². The number of rotatable bonds is 6. The van der Waals surface area contributed by atoms with E-state index in [1.807, 2.05) is 0 Å². The van der Waals surface area contributed by atoms with Crippen LogP contribution >= 0.6 is 23.2 Å². The van der Waals surface area contributed by atoms with Gasteiger partial charge in [-0.05, 0) is 31.0 Å². The molecule has 128 valence electrons. The van der Waals surface area contributed by atoms with Crippen molar-refractivity contribution in [1.29, 1.82) is 0 Å². The lowest BCUT2D eigenvalue weighted by atomic mass is 10.2. The number of aryl methyl sites for hydroxylation is 1. The third-order valence-corrected chi connectivity index (χ3v) is 6.95. The highest BCUT2D eigenvalue weighted by Gasteiger charge is 2.56.